The Morgan fingerprint density at radius 2 is 2.14 bits per heavy atom. The van der Waals surface area contributed by atoms with Crippen molar-refractivity contribution >= 4 is 27.9 Å². The number of fused-ring (bicyclic) bond motifs is 2. The summed E-state index contributed by atoms with van der Waals surface area (Å²) in [7, 11) is 0. The maximum atomic E-state index is 11.8. The first-order valence-electron chi connectivity index (χ1n) is 4.78. The Balaban J connectivity index is 2.51. The van der Waals surface area contributed by atoms with Crippen molar-refractivity contribution in [1.29, 1.82) is 0 Å². The highest BCUT2D eigenvalue weighted by atomic mass is 79.9. The number of esters is 2. The van der Waals surface area contributed by atoms with Gasteiger partial charge >= 0.3 is 11.9 Å². The lowest BCUT2D eigenvalue weighted by molar-refractivity contribution is -0.184. The van der Waals surface area contributed by atoms with E-state index in [1.54, 1.807) is 0 Å². The standard InChI is InChI=1S/C10H13BrO3/c1-9(2)6-3-4-10(9,5-11)8(13)14-7(6)12/h6H,3-5H2,1-2H3/t6-,10-/m0/s1. The number of ether oxygens (including phenoxy) is 1. The molecule has 1 saturated carbocycles. The van der Waals surface area contributed by atoms with Crippen LogP contribution in [0.3, 0.4) is 0 Å². The van der Waals surface area contributed by atoms with Crippen molar-refractivity contribution < 1.29 is 14.3 Å². The first-order valence-corrected chi connectivity index (χ1v) is 5.90. The summed E-state index contributed by atoms with van der Waals surface area (Å²) in [5.74, 6) is -0.801. The lowest BCUT2D eigenvalue weighted by Crippen LogP contribution is -2.52. The van der Waals surface area contributed by atoms with E-state index in [-0.39, 0.29) is 23.3 Å². The molecule has 0 aromatic heterocycles. The fraction of sp³-hybridized carbons (Fsp3) is 0.800. The van der Waals surface area contributed by atoms with Crippen molar-refractivity contribution in [3.63, 3.8) is 0 Å². The van der Waals surface area contributed by atoms with Crippen molar-refractivity contribution in [2.45, 2.75) is 26.7 Å². The van der Waals surface area contributed by atoms with Crippen LogP contribution in [0.25, 0.3) is 0 Å². The van der Waals surface area contributed by atoms with Gasteiger partial charge in [0.05, 0.1) is 11.3 Å². The minimum atomic E-state index is -0.494. The van der Waals surface area contributed by atoms with Crippen molar-refractivity contribution in [3.8, 4) is 0 Å². The van der Waals surface area contributed by atoms with Gasteiger partial charge in [0.15, 0.2) is 0 Å². The number of alkyl halides is 1. The van der Waals surface area contributed by atoms with Crippen LogP contribution in [0.2, 0.25) is 0 Å². The topological polar surface area (TPSA) is 43.4 Å². The Hall–Kier alpha value is -0.380. The fourth-order valence-electron chi connectivity index (χ4n) is 2.74. The van der Waals surface area contributed by atoms with Gasteiger partial charge in [0.2, 0.25) is 0 Å². The van der Waals surface area contributed by atoms with Gasteiger partial charge in [-0.2, -0.15) is 0 Å². The predicted molar refractivity (Wildman–Crippen MR) is 53.8 cm³/mol. The van der Waals surface area contributed by atoms with Gasteiger partial charge in [0.25, 0.3) is 0 Å². The zero-order valence-corrected chi connectivity index (χ0v) is 9.89. The molecule has 1 saturated heterocycles. The number of carbonyl (C=O) groups excluding carboxylic acids is 2. The molecular weight excluding hydrogens is 248 g/mol. The Morgan fingerprint density at radius 3 is 2.71 bits per heavy atom. The van der Waals surface area contributed by atoms with Gasteiger partial charge in [0.1, 0.15) is 0 Å². The van der Waals surface area contributed by atoms with Gasteiger partial charge in [0, 0.05) is 5.33 Å². The third-order valence-corrected chi connectivity index (χ3v) is 5.02. The van der Waals surface area contributed by atoms with E-state index in [1.165, 1.54) is 0 Å². The van der Waals surface area contributed by atoms with Crippen molar-refractivity contribution in [2.75, 3.05) is 5.33 Å². The largest absolute Gasteiger partial charge is 0.392 e. The number of carbonyl (C=O) groups is 2. The summed E-state index contributed by atoms with van der Waals surface area (Å²) < 4.78 is 4.80. The van der Waals surface area contributed by atoms with Crippen LogP contribution in [0.15, 0.2) is 0 Å². The number of cyclic esters (lactones) is 2. The Labute approximate surface area is 91.3 Å². The van der Waals surface area contributed by atoms with Gasteiger partial charge in [-0.05, 0) is 18.3 Å². The summed E-state index contributed by atoms with van der Waals surface area (Å²) >= 11 is 3.38. The summed E-state index contributed by atoms with van der Waals surface area (Å²) in [4.78, 5) is 23.2. The van der Waals surface area contributed by atoms with Crippen molar-refractivity contribution in [3.05, 3.63) is 0 Å². The smallest absolute Gasteiger partial charge is 0.321 e. The zero-order chi connectivity index (χ0) is 10.6. The Kier molecular flexibility index (Phi) is 2.04. The lowest BCUT2D eigenvalue weighted by Gasteiger charge is -2.43. The van der Waals surface area contributed by atoms with Gasteiger partial charge in [-0.25, -0.2) is 0 Å². The number of rotatable bonds is 1. The Morgan fingerprint density at radius 1 is 1.50 bits per heavy atom. The van der Waals surface area contributed by atoms with Crippen LogP contribution >= 0.6 is 15.9 Å². The molecule has 1 aliphatic heterocycles. The average molecular weight is 261 g/mol. The van der Waals surface area contributed by atoms with Gasteiger partial charge in [-0.1, -0.05) is 29.8 Å². The first kappa shape index (κ1) is 10.1. The second-order valence-electron chi connectivity index (χ2n) is 4.74. The zero-order valence-electron chi connectivity index (χ0n) is 8.30. The summed E-state index contributed by atoms with van der Waals surface area (Å²) in [6, 6.07) is 0. The van der Waals surface area contributed by atoms with Crippen LogP contribution in [0.5, 0.6) is 0 Å². The monoisotopic (exact) mass is 260 g/mol. The third-order valence-electron chi connectivity index (χ3n) is 4.06. The van der Waals surface area contributed by atoms with Crippen LogP contribution in [0.4, 0.5) is 0 Å². The fourth-order valence-corrected chi connectivity index (χ4v) is 3.97. The number of hydrogen-bond acceptors (Lipinski definition) is 3. The van der Waals surface area contributed by atoms with Gasteiger partial charge in [-0.3, -0.25) is 9.59 Å². The molecule has 78 valence electrons. The van der Waals surface area contributed by atoms with Crippen LogP contribution in [-0.4, -0.2) is 17.3 Å². The molecule has 2 bridgehead atoms. The second-order valence-corrected chi connectivity index (χ2v) is 5.30. The maximum absolute atomic E-state index is 11.8. The maximum Gasteiger partial charge on any atom is 0.321 e. The van der Waals surface area contributed by atoms with Gasteiger partial charge < -0.3 is 4.74 Å². The van der Waals surface area contributed by atoms with E-state index in [0.717, 1.165) is 12.8 Å². The molecule has 14 heavy (non-hydrogen) atoms. The van der Waals surface area contributed by atoms with E-state index >= 15 is 0 Å². The molecule has 2 rings (SSSR count). The lowest BCUT2D eigenvalue weighted by atomic mass is 9.64. The molecule has 2 aliphatic rings. The summed E-state index contributed by atoms with van der Waals surface area (Å²) in [6.07, 6.45) is 1.52. The molecule has 0 radical (unpaired) electrons. The third kappa shape index (κ3) is 0.926. The molecule has 0 aromatic carbocycles. The number of hydrogen-bond donors (Lipinski definition) is 0. The van der Waals surface area contributed by atoms with E-state index in [1.807, 2.05) is 13.8 Å². The first-order chi connectivity index (χ1) is 6.45. The van der Waals surface area contributed by atoms with Crippen molar-refractivity contribution in [1.82, 2.24) is 0 Å². The quantitative estimate of drug-likeness (QED) is 0.411. The molecule has 4 heteroatoms. The molecule has 0 unspecified atom stereocenters. The minimum absolute atomic E-state index is 0.113. The molecule has 0 amide bonds. The summed E-state index contributed by atoms with van der Waals surface area (Å²) in [6.45, 7) is 3.98. The highest BCUT2D eigenvalue weighted by Gasteiger charge is 2.65. The highest BCUT2D eigenvalue weighted by molar-refractivity contribution is 9.09. The van der Waals surface area contributed by atoms with Crippen LogP contribution in [-0.2, 0) is 14.3 Å². The second kappa shape index (κ2) is 2.81. The normalized spacial score (nSPS) is 39.8. The Bertz CT molecular complexity index is 310. The van der Waals surface area contributed by atoms with Crippen LogP contribution in [0, 0.1) is 16.7 Å². The molecule has 0 spiro atoms. The van der Waals surface area contributed by atoms with Crippen LogP contribution in [0.1, 0.15) is 26.7 Å². The molecule has 1 aliphatic carbocycles. The minimum Gasteiger partial charge on any atom is -0.392 e. The highest BCUT2D eigenvalue weighted by Crippen LogP contribution is 2.60. The van der Waals surface area contributed by atoms with Gasteiger partial charge in [-0.15, -0.1) is 0 Å². The molecule has 0 N–H and O–H groups in total. The number of halogens is 1. The van der Waals surface area contributed by atoms with E-state index < -0.39 is 5.41 Å². The van der Waals surface area contributed by atoms with E-state index in [4.69, 9.17) is 4.74 Å². The molecule has 2 atom stereocenters. The molecule has 2 fully saturated rings. The van der Waals surface area contributed by atoms with Crippen molar-refractivity contribution in [2.24, 2.45) is 16.7 Å². The summed E-state index contributed by atoms with van der Waals surface area (Å²) in [5, 5.41) is 0.579. The molecular formula is C10H13BrO3. The molecule has 3 nitrogen and oxygen atoms in total. The van der Waals surface area contributed by atoms with E-state index in [2.05, 4.69) is 15.9 Å². The summed E-state index contributed by atoms with van der Waals surface area (Å²) in [5.41, 5.74) is -0.769. The average Bonchev–Trinajstić information content (AvgIpc) is 2.27. The SMILES string of the molecule is CC1(C)[C@H]2CC[C@]1(CBr)C(=O)OC2=O. The molecule has 0 aromatic rings. The molecule has 1 heterocycles. The van der Waals surface area contributed by atoms with Crippen LogP contribution < -0.4 is 0 Å². The predicted octanol–water partition coefficient (Wildman–Crippen LogP) is 1.89. The van der Waals surface area contributed by atoms with E-state index in [0.29, 0.717) is 5.33 Å². The van der Waals surface area contributed by atoms with E-state index in [9.17, 15) is 9.59 Å².